The number of benzene rings is 1. The van der Waals surface area contributed by atoms with Gasteiger partial charge in [-0.05, 0) is 12.1 Å². The third-order valence-corrected chi connectivity index (χ3v) is 1.91. The smallest absolute Gasteiger partial charge is 0.238 e. The van der Waals surface area contributed by atoms with E-state index in [-0.39, 0.29) is 30.2 Å². The average molecular weight is 231 g/mol. The lowest BCUT2D eigenvalue weighted by Gasteiger charge is -2.07. The normalized spacial score (nSPS) is 9.12. The summed E-state index contributed by atoms with van der Waals surface area (Å²) in [4.78, 5) is 11.4. The zero-order valence-electron chi connectivity index (χ0n) is 8.96. The number of terminal acetylenes is 1. The van der Waals surface area contributed by atoms with Crippen molar-refractivity contribution in [2.24, 2.45) is 0 Å². The van der Waals surface area contributed by atoms with Crippen molar-refractivity contribution in [2.45, 2.75) is 0 Å². The van der Waals surface area contributed by atoms with Crippen molar-refractivity contribution >= 4 is 11.6 Å². The molecular formula is C12H10FN3O. The molecule has 0 saturated heterocycles. The monoisotopic (exact) mass is 231 g/mol. The molecular weight excluding hydrogens is 221 g/mol. The number of carbonyl (C=O) groups is 1. The van der Waals surface area contributed by atoms with Gasteiger partial charge in [-0.2, -0.15) is 5.26 Å². The first-order valence-corrected chi connectivity index (χ1v) is 4.81. The molecule has 1 aromatic carbocycles. The van der Waals surface area contributed by atoms with Gasteiger partial charge in [0.05, 0.1) is 18.8 Å². The van der Waals surface area contributed by atoms with E-state index >= 15 is 0 Å². The van der Waals surface area contributed by atoms with E-state index in [4.69, 9.17) is 11.7 Å². The highest BCUT2D eigenvalue weighted by atomic mass is 19.1. The van der Waals surface area contributed by atoms with Crippen LogP contribution in [0.25, 0.3) is 0 Å². The highest BCUT2D eigenvalue weighted by Gasteiger charge is 2.09. The highest BCUT2D eigenvalue weighted by molar-refractivity contribution is 5.93. The second-order valence-electron chi connectivity index (χ2n) is 3.13. The van der Waals surface area contributed by atoms with Gasteiger partial charge in [-0.25, -0.2) is 4.39 Å². The molecule has 0 fully saturated rings. The number of anilines is 1. The van der Waals surface area contributed by atoms with Gasteiger partial charge in [-0.3, -0.25) is 10.1 Å². The number of amides is 1. The summed E-state index contributed by atoms with van der Waals surface area (Å²) in [6.07, 6.45) is 5.00. The summed E-state index contributed by atoms with van der Waals surface area (Å²) in [6, 6.07) is 5.73. The molecule has 0 aliphatic carbocycles. The van der Waals surface area contributed by atoms with Crippen LogP contribution in [0.3, 0.4) is 0 Å². The molecule has 0 aromatic heterocycles. The van der Waals surface area contributed by atoms with Crippen molar-refractivity contribution in [1.82, 2.24) is 5.32 Å². The number of hydrogen-bond donors (Lipinski definition) is 2. The molecule has 0 radical (unpaired) electrons. The van der Waals surface area contributed by atoms with Gasteiger partial charge in [-0.15, -0.1) is 6.42 Å². The molecule has 0 aliphatic heterocycles. The summed E-state index contributed by atoms with van der Waals surface area (Å²) < 4.78 is 13.2. The summed E-state index contributed by atoms with van der Waals surface area (Å²) >= 11 is 0. The van der Waals surface area contributed by atoms with E-state index in [1.165, 1.54) is 12.1 Å². The maximum atomic E-state index is 13.2. The number of rotatable bonds is 4. The minimum absolute atomic E-state index is 0.00554. The number of nitriles is 1. The SMILES string of the molecule is C#CCNCC(=O)Nc1cccc(F)c1C#N. The van der Waals surface area contributed by atoms with Crippen molar-refractivity contribution in [3.05, 3.63) is 29.6 Å². The van der Waals surface area contributed by atoms with Gasteiger partial charge < -0.3 is 5.32 Å². The van der Waals surface area contributed by atoms with E-state index in [1.54, 1.807) is 6.07 Å². The van der Waals surface area contributed by atoms with E-state index in [2.05, 4.69) is 16.6 Å². The molecule has 17 heavy (non-hydrogen) atoms. The van der Waals surface area contributed by atoms with Crippen LogP contribution in [0.4, 0.5) is 10.1 Å². The molecule has 0 unspecified atom stereocenters. The van der Waals surface area contributed by atoms with Gasteiger partial charge in [0.2, 0.25) is 5.91 Å². The van der Waals surface area contributed by atoms with Crippen LogP contribution in [0.2, 0.25) is 0 Å². The first kappa shape index (κ1) is 12.7. The zero-order valence-corrected chi connectivity index (χ0v) is 8.96. The summed E-state index contributed by atoms with van der Waals surface area (Å²) in [5, 5.41) is 13.9. The van der Waals surface area contributed by atoms with Gasteiger partial charge >= 0.3 is 0 Å². The van der Waals surface area contributed by atoms with Crippen molar-refractivity contribution < 1.29 is 9.18 Å². The Labute approximate surface area is 98.4 Å². The molecule has 0 bridgehead atoms. The topological polar surface area (TPSA) is 64.9 Å². The van der Waals surface area contributed by atoms with Crippen LogP contribution in [0.5, 0.6) is 0 Å². The van der Waals surface area contributed by atoms with Crippen LogP contribution in [-0.2, 0) is 4.79 Å². The minimum Gasteiger partial charge on any atom is -0.324 e. The van der Waals surface area contributed by atoms with Crippen molar-refractivity contribution in [3.63, 3.8) is 0 Å². The number of hydrogen-bond acceptors (Lipinski definition) is 3. The maximum Gasteiger partial charge on any atom is 0.238 e. The summed E-state index contributed by atoms with van der Waals surface area (Å²) in [7, 11) is 0. The first-order valence-electron chi connectivity index (χ1n) is 4.81. The van der Waals surface area contributed by atoms with Crippen LogP contribution in [0.1, 0.15) is 5.56 Å². The van der Waals surface area contributed by atoms with Crippen LogP contribution < -0.4 is 10.6 Å². The average Bonchev–Trinajstić information content (AvgIpc) is 2.29. The number of halogens is 1. The Balaban J connectivity index is 2.70. The number of nitrogens with zero attached hydrogens (tertiary/aromatic N) is 1. The first-order chi connectivity index (χ1) is 8.19. The molecule has 0 heterocycles. The van der Waals surface area contributed by atoms with E-state index in [1.807, 2.05) is 0 Å². The van der Waals surface area contributed by atoms with E-state index < -0.39 is 5.82 Å². The quantitative estimate of drug-likeness (QED) is 0.596. The van der Waals surface area contributed by atoms with Crippen LogP contribution in [-0.4, -0.2) is 19.0 Å². The lowest BCUT2D eigenvalue weighted by Crippen LogP contribution is -2.28. The third-order valence-electron chi connectivity index (χ3n) is 1.91. The molecule has 0 aliphatic rings. The lowest BCUT2D eigenvalue weighted by molar-refractivity contribution is -0.115. The van der Waals surface area contributed by atoms with Gasteiger partial charge in [0.25, 0.3) is 0 Å². The van der Waals surface area contributed by atoms with Crippen LogP contribution in [0, 0.1) is 29.5 Å². The molecule has 0 spiro atoms. The summed E-state index contributed by atoms with van der Waals surface area (Å²) in [6.45, 7) is 0.271. The molecule has 0 atom stereocenters. The predicted octanol–water partition coefficient (Wildman–Crippen LogP) is 0.859. The highest BCUT2D eigenvalue weighted by Crippen LogP contribution is 2.17. The predicted molar refractivity (Wildman–Crippen MR) is 61.4 cm³/mol. The Morgan fingerprint density at radius 2 is 2.29 bits per heavy atom. The summed E-state index contributed by atoms with van der Waals surface area (Å²) in [5.41, 5.74) is -0.0298. The fourth-order valence-electron chi connectivity index (χ4n) is 1.18. The largest absolute Gasteiger partial charge is 0.324 e. The summed E-state index contributed by atoms with van der Waals surface area (Å²) in [5.74, 6) is 1.26. The van der Waals surface area contributed by atoms with Crippen LogP contribution >= 0.6 is 0 Å². The molecule has 1 aromatic rings. The van der Waals surface area contributed by atoms with E-state index in [9.17, 15) is 9.18 Å². The van der Waals surface area contributed by atoms with Crippen molar-refractivity contribution in [3.8, 4) is 18.4 Å². The molecule has 5 heteroatoms. The maximum absolute atomic E-state index is 13.2. The molecule has 1 amide bonds. The molecule has 0 saturated carbocycles. The zero-order chi connectivity index (χ0) is 12.7. The second kappa shape index (κ2) is 6.26. The van der Waals surface area contributed by atoms with E-state index in [0.29, 0.717) is 0 Å². The molecule has 4 nitrogen and oxygen atoms in total. The molecule has 86 valence electrons. The van der Waals surface area contributed by atoms with Gasteiger partial charge in [-0.1, -0.05) is 12.0 Å². The second-order valence-corrected chi connectivity index (χ2v) is 3.13. The fraction of sp³-hybridized carbons (Fsp3) is 0.167. The third kappa shape index (κ3) is 3.60. The van der Waals surface area contributed by atoms with Crippen molar-refractivity contribution in [2.75, 3.05) is 18.4 Å². The van der Waals surface area contributed by atoms with Gasteiger partial charge in [0, 0.05) is 0 Å². The Morgan fingerprint density at radius 3 is 2.94 bits per heavy atom. The standard InChI is InChI=1S/C12H10FN3O/c1-2-6-15-8-12(17)16-11-5-3-4-10(13)9(11)7-14/h1,3-5,15H,6,8H2,(H,16,17). The number of carbonyl (C=O) groups excluding carboxylic acids is 1. The van der Waals surface area contributed by atoms with Crippen LogP contribution in [0.15, 0.2) is 18.2 Å². The Hall–Kier alpha value is -2.37. The van der Waals surface area contributed by atoms with Gasteiger partial charge in [0.1, 0.15) is 17.4 Å². The minimum atomic E-state index is -0.665. The Morgan fingerprint density at radius 1 is 1.53 bits per heavy atom. The Kier molecular flexibility index (Phi) is 4.68. The molecule has 1 rings (SSSR count). The Bertz CT molecular complexity index is 499. The number of nitrogens with one attached hydrogen (secondary N) is 2. The van der Waals surface area contributed by atoms with Crippen molar-refractivity contribution in [1.29, 1.82) is 5.26 Å². The van der Waals surface area contributed by atoms with Gasteiger partial charge in [0.15, 0.2) is 0 Å². The molecule has 2 N–H and O–H groups in total. The fourth-order valence-corrected chi connectivity index (χ4v) is 1.18. The lowest BCUT2D eigenvalue weighted by atomic mass is 10.2. The van der Waals surface area contributed by atoms with E-state index in [0.717, 1.165) is 6.07 Å².